The van der Waals surface area contributed by atoms with E-state index in [1.54, 1.807) is 0 Å². The molecule has 1 fully saturated rings. The van der Waals surface area contributed by atoms with Crippen molar-refractivity contribution in [3.8, 4) is 0 Å². The maximum absolute atomic E-state index is 5.89. The van der Waals surface area contributed by atoms with Crippen LogP contribution in [0.1, 0.15) is 36.3 Å². The minimum absolute atomic E-state index is 0.407. The second-order valence-corrected chi connectivity index (χ2v) is 4.00. The molecule has 2 nitrogen and oxygen atoms in total. The van der Waals surface area contributed by atoms with Crippen molar-refractivity contribution in [2.75, 3.05) is 0 Å². The number of nitrogens with two attached hydrogens (primary N) is 1. The van der Waals surface area contributed by atoms with Crippen molar-refractivity contribution in [3.05, 3.63) is 29.6 Å². The van der Waals surface area contributed by atoms with E-state index in [0.29, 0.717) is 12.0 Å². The number of nitrogens with zero attached hydrogens (tertiary/aromatic N) is 1. The van der Waals surface area contributed by atoms with E-state index in [2.05, 4.69) is 18.0 Å². The Bertz CT molecular complexity index is 296. The van der Waals surface area contributed by atoms with Crippen LogP contribution in [0.25, 0.3) is 0 Å². The van der Waals surface area contributed by atoms with Crippen LogP contribution in [0.2, 0.25) is 0 Å². The molecule has 1 heterocycles. The molecule has 1 aliphatic carbocycles. The molecule has 0 spiro atoms. The third-order valence-electron chi connectivity index (χ3n) is 2.99. The van der Waals surface area contributed by atoms with Gasteiger partial charge in [-0.15, -0.1) is 0 Å². The molecule has 1 aromatic heterocycles. The zero-order valence-corrected chi connectivity index (χ0v) is 8.03. The van der Waals surface area contributed by atoms with E-state index >= 15 is 0 Å². The Labute approximate surface area is 79.2 Å². The zero-order valence-electron chi connectivity index (χ0n) is 8.03. The van der Waals surface area contributed by atoms with Gasteiger partial charge in [-0.1, -0.05) is 0 Å². The maximum Gasteiger partial charge on any atom is 0.0305 e. The lowest BCUT2D eigenvalue weighted by molar-refractivity contribution is 0.670. The fourth-order valence-corrected chi connectivity index (χ4v) is 2.20. The highest BCUT2D eigenvalue weighted by molar-refractivity contribution is 5.26. The number of aryl methyl sites for hydroxylation is 1. The highest BCUT2D eigenvalue weighted by Crippen LogP contribution is 2.34. The van der Waals surface area contributed by atoms with Crippen LogP contribution >= 0.6 is 0 Å². The summed E-state index contributed by atoms with van der Waals surface area (Å²) < 4.78 is 0. The minimum atomic E-state index is 0.407. The Morgan fingerprint density at radius 1 is 1.46 bits per heavy atom. The SMILES string of the molecule is Cc1ccncc1C1CCC(N)C1. The quantitative estimate of drug-likeness (QED) is 0.710. The van der Waals surface area contributed by atoms with Gasteiger partial charge in [0.15, 0.2) is 0 Å². The second-order valence-electron chi connectivity index (χ2n) is 4.00. The van der Waals surface area contributed by atoms with Crippen molar-refractivity contribution >= 4 is 0 Å². The summed E-state index contributed by atoms with van der Waals surface area (Å²) in [7, 11) is 0. The Balaban J connectivity index is 2.21. The molecule has 70 valence electrons. The van der Waals surface area contributed by atoms with Gasteiger partial charge in [0.2, 0.25) is 0 Å². The molecular weight excluding hydrogens is 160 g/mol. The molecule has 2 unspecified atom stereocenters. The van der Waals surface area contributed by atoms with Crippen LogP contribution in [0.15, 0.2) is 18.5 Å². The van der Waals surface area contributed by atoms with E-state index in [1.165, 1.54) is 24.0 Å². The largest absolute Gasteiger partial charge is 0.328 e. The molecule has 1 aliphatic rings. The Kier molecular flexibility index (Phi) is 2.32. The molecule has 1 saturated carbocycles. The lowest BCUT2D eigenvalue weighted by atomic mass is 9.95. The summed E-state index contributed by atoms with van der Waals surface area (Å²) in [6.07, 6.45) is 7.38. The topological polar surface area (TPSA) is 38.9 Å². The molecule has 0 saturated heterocycles. The number of aromatic nitrogens is 1. The van der Waals surface area contributed by atoms with Crippen molar-refractivity contribution < 1.29 is 0 Å². The zero-order chi connectivity index (χ0) is 9.26. The van der Waals surface area contributed by atoms with Gasteiger partial charge in [-0.25, -0.2) is 0 Å². The monoisotopic (exact) mass is 176 g/mol. The predicted molar refractivity (Wildman–Crippen MR) is 53.5 cm³/mol. The number of hydrogen-bond donors (Lipinski definition) is 1. The molecular formula is C11H16N2. The summed E-state index contributed by atoms with van der Waals surface area (Å²) >= 11 is 0. The molecule has 2 N–H and O–H groups in total. The molecule has 0 amide bonds. The van der Waals surface area contributed by atoms with Crippen LogP contribution in [-0.4, -0.2) is 11.0 Å². The average Bonchev–Trinajstić information content (AvgIpc) is 2.53. The number of hydrogen-bond acceptors (Lipinski definition) is 2. The van der Waals surface area contributed by atoms with Gasteiger partial charge in [-0.3, -0.25) is 4.98 Å². The van der Waals surface area contributed by atoms with Crippen LogP contribution in [0.3, 0.4) is 0 Å². The lowest BCUT2D eigenvalue weighted by Crippen LogP contribution is -2.14. The van der Waals surface area contributed by atoms with Gasteiger partial charge in [-0.05, 0) is 49.3 Å². The van der Waals surface area contributed by atoms with Gasteiger partial charge >= 0.3 is 0 Å². The van der Waals surface area contributed by atoms with Crippen molar-refractivity contribution in [1.82, 2.24) is 4.98 Å². The van der Waals surface area contributed by atoms with Gasteiger partial charge in [0.1, 0.15) is 0 Å². The van der Waals surface area contributed by atoms with Crippen LogP contribution in [-0.2, 0) is 0 Å². The Morgan fingerprint density at radius 3 is 2.92 bits per heavy atom. The van der Waals surface area contributed by atoms with Crippen molar-refractivity contribution in [3.63, 3.8) is 0 Å². The molecule has 2 atom stereocenters. The van der Waals surface area contributed by atoms with Crippen LogP contribution in [0.4, 0.5) is 0 Å². The number of pyridine rings is 1. The van der Waals surface area contributed by atoms with Gasteiger partial charge in [-0.2, -0.15) is 0 Å². The summed E-state index contributed by atoms with van der Waals surface area (Å²) in [6, 6.07) is 2.49. The van der Waals surface area contributed by atoms with E-state index in [-0.39, 0.29) is 0 Å². The number of rotatable bonds is 1. The summed E-state index contributed by atoms with van der Waals surface area (Å²) in [4.78, 5) is 4.17. The highest BCUT2D eigenvalue weighted by atomic mass is 14.7. The molecule has 0 aromatic carbocycles. The van der Waals surface area contributed by atoms with E-state index in [1.807, 2.05) is 12.4 Å². The first-order valence-electron chi connectivity index (χ1n) is 4.93. The molecule has 0 radical (unpaired) electrons. The molecule has 2 rings (SSSR count). The third kappa shape index (κ3) is 1.73. The van der Waals surface area contributed by atoms with E-state index in [9.17, 15) is 0 Å². The van der Waals surface area contributed by atoms with Crippen LogP contribution in [0.5, 0.6) is 0 Å². The molecule has 0 aliphatic heterocycles. The summed E-state index contributed by atoms with van der Waals surface area (Å²) in [5, 5.41) is 0. The fraction of sp³-hybridized carbons (Fsp3) is 0.545. The van der Waals surface area contributed by atoms with E-state index < -0.39 is 0 Å². The lowest BCUT2D eigenvalue weighted by Gasteiger charge is -2.11. The smallest absolute Gasteiger partial charge is 0.0305 e. The standard InChI is InChI=1S/C11H16N2/c1-8-4-5-13-7-11(8)9-2-3-10(12)6-9/h4-5,7,9-10H,2-3,6,12H2,1H3. The first kappa shape index (κ1) is 8.70. The van der Waals surface area contributed by atoms with Crippen LogP contribution < -0.4 is 5.73 Å². The normalized spacial score (nSPS) is 27.8. The molecule has 1 aromatic rings. The summed E-state index contributed by atoms with van der Waals surface area (Å²) in [5.41, 5.74) is 8.65. The first-order valence-corrected chi connectivity index (χ1v) is 4.93. The van der Waals surface area contributed by atoms with Crippen molar-refractivity contribution in [1.29, 1.82) is 0 Å². The first-order chi connectivity index (χ1) is 6.27. The maximum atomic E-state index is 5.89. The van der Waals surface area contributed by atoms with Crippen molar-refractivity contribution in [2.45, 2.75) is 38.1 Å². The Morgan fingerprint density at radius 2 is 2.31 bits per heavy atom. The van der Waals surface area contributed by atoms with E-state index in [4.69, 9.17) is 5.73 Å². The van der Waals surface area contributed by atoms with Crippen molar-refractivity contribution in [2.24, 2.45) is 5.73 Å². The summed E-state index contributed by atoms with van der Waals surface area (Å²) in [5.74, 6) is 0.656. The molecule has 0 bridgehead atoms. The third-order valence-corrected chi connectivity index (χ3v) is 2.99. The summed E-state index contributed by atoms with van der Waals surface area (Å²) in [6.45, 7) is 2.15. The Hall–Kier alpha value is -0.890. The van der Waals surface area contributed by atoms with Gasteiger partial charge in [0.05, 0.1) is 0 Å². The molecule has 2 heteroatoms. The molecule has 13 heavy (non-hydrogen) atoms. The highest BCUT2D eigenvalue weighted by Gasteiger charge is 2.24. The second kappa shape index (κ2) is 3.46. The average molecular weight is 176 g/mol. The predicted octanol–water partition coefficient (Wildman–Crippen LogP) is 1.98. The minimum Gasteiger partial charge on any atom is -0.328 e. The van der Waals surface area contributed by atoms with Gasteiger partial charge in [0.25, 0.3) is 0 Å². The van der Waals surface area contributed by atoms with E-state index in [0.717, 1.165) is 6.42 Å². The van der Waals surface area contributed by atoms with Crippen LogP contribution in [0, 0.1) is 6.92 Å². The van der Waals surface area contributed by atoms with Gasteiger partial charge in [0, 0.05) is 18.4 Å². The van der Waals surface area contributed by atoms with Gasteiger partial charge < -0.3 is 5.73 Å². The fourth-order valence-electron chi connectivity index (χ4n) is 2.20.